The monoisotopic (exact) mass is 523 g/mol. The Bertz CT molecular complexity index is 1120. The van der Waals surface area contributed by atoms with Gasteiger partial charge in [-0.15, -0.1) is 4.41 Å². The summed E-state index contributed by atoms with van der Waals surface area (Å²) in [6, 6.07) is -0.0361. The molecule has 13 heteroatoms. The molecule has 0 radical (unpaired) electrons. The summed E-state index contributed by atoms with van der Waals surface area (Å²) in [5, 5.41) is 1.92. The first-order chi connectivity index (χ1) is 16.6. The summed E-state index contributed by atoms with van der Waals surface area (Å²) in [7, 11) is -3.84. The van der Waals surface area contributed by atoms with Crippen LogP contribution < -0.4 is 21.0 Å². The number of hydrogen-bond acceptors (Lipinski definition) is 10. The number of carbonyl (C=O) groups excluding carboxylic acids is 1. The third kappa shape index (κ3) is 4.17. The lowest BCUT2D eigenvalue weighted by molar-refractivity contribution is -0.140. The van der Waals surface area contributed by atoms with E-state index in [-0.39, 0.29) is 22.8 Å². The first-order valence-electron chi connectivity index (χ1n) is 11.8. The van der Waals surface area contributed by atoms with Gasteiger partial charge < -0.3 is 25.9 Å². The zero-order valence-corrected chi connectivity index (χ0v) is 22.0. The van der Waals surface area contributed by atoms with Crippen molar-refractivity contribution in [2.45, 2.75) is 44.9 Å². The predicted molar refractivity (Wildman–Crippen MR) is 134 cm³/mol. The topological polar surface area (TPSA) is 118 Å². The van der Waals surface area contributed by atoms with E-state index >= 15 is 0 Å². The molecule has 192 valence electrons. The number of nitrogens with zero attached hydrogens (tertiary/aromatic N) is 3. The number of hydrazine groups is 2. The zero-order valence-electron chi connectivity index (χ0n) is 20.4. The molecule has 35 heavy (non-hydrogen) atoms. The maximum atomic E-state index is 13.6. The molecule has 0 aromatic rings. The minimum absolute atomic E-state index is 0.0361. The van der Waals surface area contributed by atoms with Crippen molar-refractivity contribution in [3.63, 3.8) is 0 Å². The van der Waals surface area contributed by atoms with E-state index in [1.165, 1.54) is 11.9 Å². The molecule has 2 fully saturated rings. The van der Waals surface area contributed by atoms with Crippen molar-refractivity contribution < 1.29 is 17.9 Å². The predicted octanol–water partition coefficient (Wildman–Crippen LogP) is 0.292. The molecular weight excluding hydrogens is 490 g/mol. The van der Waals surface area contributed by atoms with Gasteiger partial charge in [-0.2, -0.15) is 0 Å². The number of sulfonamides is 1. The number of fused-ring (bicyclic) bond motifs is 1. The Morgan fingerprint density at radius 2 is 2.09 bits per heavy atom. The van der Waals surface area contributed by atoms with Gasteiger partial charge in [0.15, 0.2) is 5.66 Å². The van der Waals surface area contributed by atoms with Crippen molar-refractivity contribution in [1.82, 2.24) is 35.2 Å². The van der Waals surface area contributed by atoms with Gasteiger partial charge in [0.05, 0.1) is 29.4 Å². The summed E-state index contributed by atoms with van der Waals surface area (Å²) in [5.41, 5.74) is 9.46. The van der Waals surface area contributed by atoms with Gasteiger partial charge in [-0.3, -0.25) is 9.69 Å². The van der Waals surface area contributed by atoms with Crippen LogP contribution in [0.1, 0.15) is 27.7 Å². The Balaban J connectivity index is 1.55. The molecule has 5 aliphatic rings. The highest BCUT2D eigenvalue weighted by Crippen LogP contribution is 2.45. The van der Waals surface area contributed by atoms with Crippen LogP contribution in [0.2, 0.25) is 0 Å². The molecule has 0 aromatic carbocycles. The van der Waals surface area contributed by atoms with Gasteiger partial charge >= 0.3 is 0 Å². The van der Waals surface area contributed by atoms with E-state index in [0.717, 1.165) is 5.57 Å². The van der Waals surface area contributed by atoms with Crippen molar-refractivity contribution in [3.05, 3.63) is 46.1 Å². The molecule has 4 aliphatic heterocycles. The van der Waals surface area contributed by atoms with Gasteiger partial charge in [-0.1, -0.05) is 13.8 Å². The maximum absolute atomic E-state index is 13.6. The summed E-state index contributed by atoms with van der Waals surface area (Å²) in [5.74, 6) is 0.0563. The molecule has 5 rings (SSSR count). The molecule has 0 aromatic heterocycles. The second-order valence-electron chi connectivity index (χ2n) is 10.1. The van der Waals surface area contributed by atoms with Crippen molar-refractivity contribution in [2.75, 3.05) is 32.8 Å². The van der Waals surface area contributed by atoms with Crippen molar-refractivity contribution in [2.24, 2.45) is 5.92 Å². The van der Waals surface area contributed by atoms with Crippen LogP contribution in [0.4, 0.5) is 0 Å². The number of allylic oxidation sites excluding steroid dienone is 1. The third-order valence-corrected chi connectivity index (χ3v) is 9.36. The van der Waals surface area contributed by atoms with Crippen LogP contribution in [-0.2, 0) is 19.6 Å². The van der Waals surface area contributed by atoms with Gasteiger partial charge in [0.25, 0.3) is 0 Å². The number of amides is 1. The first-order valence-corrected chi connectivity index (χ1v) is 14.1. The molecule has 2 saturated heterocycles. The Morgan fingerprint density at radius 3 is 2.69 bits per heavy atom. The summed E-state index contributed by atoms with van der Waals surface area (Å²) >= 11 is 1.46. The molecule has 11 nitrogen and oxygen atoms in total. The number of piperazine rings is 1. The SMILES string of the molecule is CC(C)C(=O)N1CCN(C2(N3NC=CS3)C=C(S(=O)(=O)NC3(C)COC3)C=C3NNC=C32)CC1C. The lowest BCUT2D eigenvalue weighted by Crippen LogP contribution is -2.68. The second-order valence-corrected chi connectivity index (χ2v) is 12.7. The molecular formula is C22H33N7O4S2. The number of hydrogen-bond donors (Lipinski definition) is 4. The third-order valence-electron chi connectivity index (χ3n) is 6.89. The summed E-state index contributed by atoms with van der Waals surface area (Å²) < 4.78 is 37.2. The Labute approximate surface area is 210 Å². The van der Waals surface area contributed by atoms with E-state index in [1.54, 1.807) is 6.08 Å². The second kappa shape index (κ2) is 8.82. The number of carbonyl (C=O) groups is 1. The fourth-order valence-corrected chi connectivity index (χ4v) is 7.37. The smallest absolute Gasteiger partial charge is 0.241 e. The van der Waals surface area contributed by atoms with E-state index in [4.69, 9.17) is 4.74 Å². The quantitative estimate of drug-likeness (QED) is 0.362. The molecule has 0 spiro atoms. The number of ether oxygens (including phenoxy) is 1. The standard InChI is InChI=1S/C22H33N7O4S2/c1-15(2)20(30)28-7-6-27(12-16(28)3)22(29-24-5-8-34-29)10-17(9-19-18(22)11-23-25-19)35(31,32)26-21(4)13-33-14-21/h5,8-11,15-16,23-26H,6-7,12-14H2,1-4H3. The van der Waals surface area contributed by atoms with E-state index in [0.29, 0.717) is 38.5 Å². The average Bonchev–Trinajstić information content (AvgIpc) is 3.49. The molecule has 1 amide bonds. The van der Waals surface area contributed by atoms with Crippen molar-refractivity contribution in [3.8, 4) is 0 Å². The van der Waals surface area contributed by atoms with E-state index in [9.17, 15) is 13.2 Å². The Kier molecular flexibility index (Phi) is 6.21. The van der Waals surface area contributed by atoms with Crippen LogP contribution in [-0.4, -0.2) is 78.6 Å². The Hall–Kier alpha value is -2.03. The van der Waals surface area contributed by atoms with Gasteiger partial charge in [0.1, 0.15) is 0 Å². The van der Waals surface area contributed by atoms with Gasteiger partial charge in [0, 0.05) is 55.0 Å². The van der Waals surface area contributed by atoms with Gasteiger partial charge in [-0.25, -0.2) is 13.1 Å². The molecule has 4 heterocycles. The van der Waals surface area contributed by atoms with E-state index in [2.05, 4.69) is 25.9 Å². The normalized spacial score (nSPS) is 30.5. The van der Waals surface area contributed by atoms with Crippen molar-refractivity contribution >= 4 is 27.9 Å². The van der Waals surface area contributed by atoms with Gasteiger partial charge in [-0.05, 0) is 37.9 Å². The van der Waals surface area contributed by atoms with Crippen LogP contribution >= 0.6 is 11.9 Å². The summed E-state index contributed by atoms with van der Waals surface area (Å²) in [4.78, 5) is 17.1. The molecule has 1 aliphatic carbocycles. The Morgan fingerprint density at radius 1 is 1.31 bits per heavy atom. The minimum atomic E-state index is -3.84. The number of nitrogens with one attached hydrogen (secondary N) is 4. The fraction of sp³-hybridized carbons (Fsp3) is 0.591. The van der Waals surface area contributed by atoms with Gasteiger partial charge in [0.2, 0.25) is 15.9 Å². The highest BCUT2D eigenvalue weighted by atomic mass is 32.2. The average molecular weight is 524 g/mol. The van der Waals surface area contributed by atoms with E-state index < -0.39 is 21.2 Å². The van der Waals surface area contributed by atoms with Crippen LogP contribution in [0, 0.1) is 5.92 Å². The number of rotatable bonds is 6. The maximum Gasteiger partial charge on any atom is 0.241 e. The van der Waals surface area contributed by atoms with Crippen LogP contribution in [0.3, 0.4) is 0 Å². The molecule has 0 bridgehead atoms. The summed E-state index contributed by atoms with van der Waals surface area (Å²) in [6.07, 6.45) is 7.17. The fourth-order valence-electron chi connectivity index (χ4n) is 5.10. The molecule has 4 N–H and O–H groups in total. The van der Waals surface area contributed by atoms with Crippen LogP contribution in [0.25, 0.3) is 0 Å². The zero-order chi connectivity index (χ0) is 25.0. The lowest BCUT2D eigenvalue weighted by atomic mass is 9.90. The first kappa shape index (κ1) is 24.7. The highest BCUT2D eigenvalue weighted by molar-refractivity contribution is 8.00. The molecule has 2 atom stereocenters. The molecule has 2 unspecified atom stereocenters. The van der Waals surface area contributed by atoms with Crippen molar-refractivity contribution in [1.29, 1.82) is 0 Å². The molecule has 0 saturated carbocycles. The van der Waals surface area contributed by atoms with Crippen LogP contribution in [0.5, 0.6) is 0 Å². The largest absolute Gasteiger partial charge is 0.377 e. The van der Waals surface area contributed by atoms with Crippen LogP contribution in [0.15, 0.2) is 46.1 Å². The van der Waals surface area contributed by atoms with E-state index in [1.807, 2.05) is 60.9 Å². The highest BCUT2D eigenvalue weighted by Gasteiger charge is 2.53. The lowest BCUT2D eigenvalue weighted by Gasteiger charge is -2.53. The summed E-state index contributed by atoms with van der Waals surface area (Å²) in [6.45, 7) is 10.1. The minimum Gasteiger partial charge on any atom is -0.377 e.